The van der Waals surface area contributed by atoms with Crippen molar-refractivity contribution in [2.45, 2.75) is 19.9 Å². The van der Waals surface area contributed by atoms with Crippen molar-refractivity contribution < 1.29 is 13.2 Å². The normalized spacial score (nSPS) is 20.7. The lowest BCUT2D eigenvalue weighted by molar-refractivity contribution is -0.128. The second kappa shape index (κ2) is 5.14. The maximum absolute atomic E-state index is 11.7. The summed E-state index contributed by atoms with van der Waals surface area (Å²) in [5.74, 6) is -0.391. The van der Waals surface area contributed by atoms with Crippen LogP contribution in [0.4, 0.5) is 0 Å². The Bertz CT molecular complexity index is 555. The van der Waals surface area contributed by atoms with Crippen LogP contribution in [-0.4, -0.2) is 36.5 Å². The number of likely N-dealkylation sites (tertiary alicyclic amines) is 1. The van der Waals surface area contributed by atoms with Gasteiger partial charge in [-0.2, -0.15) is 0 Å². The molecule has 1 aromatic heterocycles. The number of halogens is 1. The summed E-state index contributed by atoms with van der Waals surface area (Å²) in [7, 11) is 1.66. The average molecular weight is 309 g/mol. The molecule has 1 aliphatic rings. The largest absolute Gasteiger partial charge is 0.336 e. The Hall–Kier alpha value is -0.660. The molecule has 0 bridgehead atoms. The number of nitrogens with zero attached hydrogens (tertiary/aromatic N) is 2. The van der Waals surface area contributed by atoms with Gasteiger partial charge >= 0.3 is 0 Å². The number of thiazole rings is 1. The summed E-state index contributed by atoms with van der Waals surface area (Å²) >= 11 is 1.53. The molecule has 2 heterocycles. The van der Waals surface area contributed by atoms with Crippen LogP contribution in [0.1, 0.15) is 17.1 Å². The van der Waals surface area contributed by atoms with E-state index in [1.807, 2.05) is 12.3 Å². The Morgan fingerprint density at radius 2 is 2.33 bits per heavy atom. The third-order valence-corrected chi connectivity index (χ3v) is 4.82. The molecule has 8 heteroatoms. The lowest BCUT2D eigenvalue weighted by atomic mass is 10.1. The van der Waals surface area contributed by atoms with Gasteiger partial charge in [0.2, 0.25) is 15.0 Å². The van der Waals surface area contributed by atoms with Crippen LogP contribution in [0, 0.1) is 12.8 Å². The molecule has 1 amide bonds. The first kappa shape index (κ1) is 13.8. The number of amides is 1. The molecule has 0 aromatic carbocycles. The molecule has 1 saturated heterocycles. The van der Waals surface area contributed by atoms with Crippen LogP contribution in [0.5, 0.6) is 0 Å². The van der Waals surface area contributed by atoms with Crippen LogP contribution < -0.4 is 0 Å². The molecule has 0 aliphatic carbocycles. The van der Waals surface area contributed by atoms with Gasteiger partial charge in [0, 0.05) is 34.9 Å². The molecule has 1 aromatic rings. The van der Waals surface area contributed by atoms with Gasteiger partial charge in [-0.3, -0.25) is 4.79 Å². The third kappa shape index (κ3) is 3.66. The van der Waals surface area contributed by atoms with E-state index in [2.05, 4.69) is 4.98 Å². The van der Waals surface area contributed by atoms with E-state index < -0.39 is 9.05 Å². The molecule has 2 rings (SSSR count). The van der Waals surface area contributed by atoms with Crippen molar-refractivity contribution in [3.63, 3.8) is 0 Å². The van der Waals surface area contributed by atoms with Gasteiger partial charge in [-0.05, 0) is 6.92 Å². The topological polar surface area (TPSA) is 67.3 Å². The zero-order chi connectivity index (χ0) is 13.3. The van der Waals surface area contributed by atoms with Gasteiger partial charge in [0.25, 0.3) is 0 Å². The number of aromatic nitrogens is 1. The summed E-state index contributed by atoms with van der Waals surface area (Å²) in [6, 6.07) is 0. The number of hydrogen-bond donors (Lipinski definition) is 0. The monoisotopic (exact) mass is 308 g/mol. The standard InChI is InChI=1S/C10H13ClN2O3S2/c1-7-12-9(5-17-7)4-13-3-8(2-10(13)14)6-18(11,15)16/h5,8H,2-4,6H2,1H3. The molecule has 0 spiro atoms. The number of hydrogen-bond acceptors (Lipinski definition) is 5. The highest BCUT2D eigenvalue weighted by molar-refractivity contribution is 8.13. The summed E-state index contributed by atoms with van der Waals surface area (Å²) < 4.78 is 22.0. The number of rotatable bonds is 4. The Labute approximate surface area is 114 Å². The lowest BCUT2D eigenvalue weighted by Gasteiger charge is -2.14. The second-order valence-corrected chi connectivity index (χ2v) is 8.29. The van der Waals surface area contributed by atoms with Crippen LogP contribution in [0.15, 0.2) is 5.38 Å². The van der Waals surface area contributed by atoms with E-state index in [4.69, 9.17) is 10.7 Å². The van der Waals surface area contributed by atoms with Crippen LogP contribution in [0.3, 0.4) is 0 Å². The van der Waals surface area contributed by atoms with E-state index in [-0.39, 0.29) is 24.0 Å². The molecule has 1 aliphatic heterocycles. The highest BCUT2D eigenvalue weighted by Crippen LogP contribution is 2.23. The van der Waals surface area contributed by atoms with Crippen molar-refractivity contribution in [3.8, 4) is 0 Å². The predicted octanol–water partition coefficient (Wildman–Crippen LogP) is 1.37. The predicted molar refractivity (Wildman–Crippen MR) is 70.0 cm³/mol. The van der Waals surface area contributed by atoms with Crippen LogP contribution in [-0.2, 0) is 20.4 Å². The van der Waals surface area contributed by atoms with E-state index in [9.17, 15) is 13.2 Å². The first-order valence-corrected chi connectivity index (χ1v) is 8.80. The molecular formula is C10H13ClN2O3S2. The minimum Gasteiger partial charge on any atom is -0.336 e. The van der Waals surface area contributed by atoms with E-state index in [1.54, 1.807) is 4.90 Å². The van der Waals surface area contributed by atoms with Crippen LogP contribution in [0.25, 0.3) is 0 Å². The summed E-state index contributed by atoms with van der Waals surface area (Å²) in [5, 5.41) is 2.87. The maximum atomic E-state index is 11.7. The highest BCUT2D eigenvalue weighted by atomic mass is 35.7. The first-order chi connectivity index (χ1) is 8.33. The number of aryl methyl sites for hydroxylation is 1. The Morgan fingerprint density at radius 3 is 2.89 bits per heavy atom. The third-order valence-electron chi connectivity index (χ3n) is 2.75. The van der Waals surface area contributed by atoms with Gasteiger partial charge in [0.15, 0.2) is 0 Å². The van der Waals surface area contributed by atoms with E-state index in [1.165, 1.54) is 11.3 Å². The second-order valence-electron chi connectivity index (χ2n) is 4.41. The quantitative estimate of drug-likeness (QED) is 0.788. The zero-order valence-corrected chi connectivity index (χ0v) is 12.2. The molecule has 1 atom stereocenters. The van der Waals surface area contributed by atoms with Crippen molar-refractivity contribution in [3.05, 3.63) is 16.1 Å². The molecule has 0 radical (unpaired) electrons. The Morgan fingerprint density at radius 1 is 1.61 bits per heavy atom. The molecule has 1 unspecified atom stereocenters. The SMILES string of the molecule is Cc1nc(CN2CC(CS(=O)(=O)Cl)CC2=O)cs1. The molecule has 1 fully saturated rings. The summed E-state index contributed by atoms with van der Waals surface area (Å²) in [4.78, 5) is 17.7. The Balaban J connectivity index is 1.97. The smallest absolute Gasteiger partial charge is 0.232 e. The number of carbonyl (C=O) groups excluding carboxylic acids is 1. The zero-order valence-electron chi connectivity index (χ0n) is 9.80. The minimum absolute atomic E-state index is 0.0361. The molecule has 0 saturated carbocycles. The van der Waals surface area contributed by atoms with Gasteiger partial charge in [0.05, 0.1) is 23.0 Å². The highest BCUT2D eigenvalue weighted by Gasteiger charge is 2.32. The lowest BCUT2D eigenvalue weighted by Crippen LogP contribution is -2.25. The fraction of sp³-hybridized carbons (Fsp3) is 0.600. The van der Waals surface area contributed by atoms with Crippen LogP contribution >= 0.6 is 22.0 Å². The van der Waals surface area contributed by atoms with Gasteiger partial charge in [-0.25, -0.2) is 13.4 Å². The summed E-state index contributed by atoms with van der Waals surface area (Å²) in [6.45, 7) is 2.78. The summed E-state index contributed by atoms with van der Waals surface area (Å²) in [6.07, 6.45) is 0.245. The van der Waals surface area contributed by atoms with Crippen molar-refractivity contribution in [2.75, 3.05) is 12.3 Å². The number of carbonyl (C=O) groups is 1. The molecule has 0 N–H and O–H groups in total. The van der Waals surface area contributed by atoms with E-state index in [0.29, 0.717) is 13.1 Å². The Kier molecular flexibility index (Phi) is 3.93. The average Bonchev–Trinajstić information content (AvgIpc) is 2.73. The van der Waals surface area contributed by atoms with E-state index in [0.717, 1.165) is 10.7 Å². The van der Waals surface area contributed by atoms with Crippen LogP contribution in [0.2, 0.25) is 0 Å². The van der Waals surface area contributed by atoms with E-state index >= 15 is 0 Å². The maximum Gasteiger partial charge on any atom is 0.232 e. The fourth-order valence-corrected chi connectivity index (χ4v) is 4.00. The van der Waals surface area contributed by atoms with Crippen molar-refractivity contribution in [1.82, 2.24) is 9.88 Å². The van der Waals surface area contributed by atoms with Crippen molar-refractivity contribution >= 4 is 37.0 Å². The van der Waals surface area contributed by atoms with Crippen molar-refractivity contribution in [1.29, 1.82) is 0 Å². The molecular weight excluding hydrogens is 296 g/mol. The molecule has 100 valence electrons. The first-order valence-electron chi connectivity index (χ1n) is 5.44. The van der Waals surface area contributed by atoms with Gasteiger partial charge in [-0.1, -0.05) is 0 Å². The minimum atomic E-state index is -3.54. The van der Waals surface area contributed by atoms with Gasteiger partial charge < -0.3 is 4.90 Å². The molecule has 18 heavy (non-hydrogen) atoms. The van der Waals surface area contributed by atoms with Gasteiger partial charge in [0.1, 0.15) is 0 Å². The summed E-state index contributed by atoms with van der Waals surface area (Å²) in [5.41, 5.74) is 0.847. The van der Waals surface area contributed by atoms with Crippen molar-refractivity contribution in [2.24, 2.45) is 5.92 Å². The molecule has 5 nitrogen and oxygen atoms in total. The van der Waals surface area contributed by atoms with Gasteiger partial charge in [-0.15, -0.1) is 11.3 Å². The fourth-order valence-electron chi connectivity index (χ4n) is 2.08.